The number of pyridine rings is 2. The largest absolute Gasteiger partial charge is 0.492 e. The molecule has 0 aliphatic rings. The van der Waals surface area contributed by atoms with E-state index >= 15 is 0 Å². The van der Waals surface area contributed by atoms with Crippen molar-refractivity contribution in [3.63, 3.8) is 0 Å². The van der Waals surface area contributed by atoms with Gasteiger partial charge in [-0.05, 0) is 38.7 Å². The Bertz CT molecular complexity index is 916. The zero-order chi connectivity index (χ0) is 20.5. The molecule has 0 atom stereocenters. The number of hydrogen-bond acceptors (Lipinski definition) is 8. The van der Waals surface area contributed by atoms with E-state index in [0.29, 0.717) is 35.5 Å². The molecule has 0 saturated heterocycles. The molecule has 8 nitrogen and oxygen atoms in total. The SMILES string of the molecule is CN(C)CCCOc1cnccc1CNC(=O)c1csc(Nc2ccccn2)n1. The standard InChI is InChI=1S/C20H24N6O2S/c1-26(2)10-5-11-28-17-13-21-9-7-15(17)12-23-19(27)16-14-29-20(24-16)25-18-6-3-4-8-22-18/h3-4,6-9,13-14H,5,10-12H2,1-2H3,(H,23,27)(H,22,24,25). The number of nitrogens with zero attached hydrogens (tertiary/aromatic N) is 4. The average Bonchev–Trinajstić information content (AvgIpc) is 3.19. The highest BCUT2D eigenvalue weighted by atomic mass is 32.1. The normalized spacial score (nSPS) is 10.7. The lowest BCUT2D eigenvalue weighted by Gasteiger charge is -2.13. The quantitative estimate of drug-likeness (QED) is 0.495. The number of carbonyl (C=O) groups excluding carboxylic acids is 1. The van der Waals surface area contributed by atoms with E-state index in [1.165, 1.54) is 11.3 Å². The molecule has 29 heavy (non-hydrogen) atoms. The van der Waals surface area contributed by atoms with Crippen LogP contribution in [0, 0.1) is 0 Å². The summed E-state index contributed by atoms with van der Waals surface area (Å²) in [5, 5.41) is 8.30. The van der Waals surface area contributed by atoms with E-state index in [4.69, 9.17) is 4.74 Å². The first-order valence-electron chi connectivity index (χ1n) is 9.24. The van der Waals surface area contributed by atoms with Gasteiger partial charge in [0.1, 0.15) is 17.3 Å². The predicted molar refractivity (Wildman–Crippen MR) is 114 cm³/mol. The van der Waals surface area contributed by atoms with Gasteiger partial charge in [0.15, 0.2) is 5.13 Å². The molecule has 9 heteroatoms. The van der Waals surface area contributed by atoms with Gasteiger partial charge in [-0.15, -0.1) is 11.3 Å². The van der Waals surface area contributed by atoms with Crippen molar-refractivity contribution >= 4 is 28.2 Å². The van der Waals surface area contributed by atoms with Crippen LogP contribution in [0.4, 0.5) is 10.9 Å². The van der Waals surface area contributed by atoms with Gasteiger partial charge in [-0.2, -0.15) is 0 Å². The number of thiazole rings is 1. The fourth-order valence-corrected chi connectivity index (χ4v) is 3.19. The number of rotatable bonds is 10. The smallest absolute Gasteiger partial charge is 0.271 e. The Morgan fingerprint density at radius 1 is 1.24 bits per heavy atom. The van der Waals surface area contributed by atoms with Gasteiger partial charge in [0.2, 0.25) is 0 Å². The number of amides is 1. The average molecular weight is 413 g/mol. The molecule has 3 heterocycles. The highest BCUT2D eigenvalue weighted by molar-refractivity contribution is 7.14. The maximum atomic E-state index is 12.5. The van der Waals surface area contributed by atoms with Crippen molar-refractivity contribution < 1.29 is 9.53 Å². The van der Waals surface area contributed by atoms with Crippen molar-refractivity contribution in [3.05, 3.63) is 59.5 Å². The first-order valence-corrected chi connectivity index (χ1v) is 10.1. The van der Waals surface area contributed by atoms with Gasteiger partial charge in [-0.1, -0.05) is 6.07 Å². The summed E-state index contributed by atoms with van der Waals surface area (Å²) in [4.78, 5) is 27.2. The molecule has 0 aromatic carbocycles. The summed E-state index contributed by atoms with van der Waals surface area (Å²) in [5.41, 5.74) is 1.23. The van der Waals surface area contributed by atoms with Gasteiger partial charge >= 0.3 is 0 Å². The third-order valence-electron chi connectivity index (χ3n) is 3.95. The van der Waals surface area contributed by atoms with Crippen LogP contribution in [0.25, 0.3) is 0 Å². The summed E-state index contributed by atoms with van der Waals surface area (Å²) in [6.07, 6.45) is 5.97. The lowest BCUT2D eigenvalue weighted by Crippen LogP contribution is -2.23. The van der Waals surface area contributed by atoms with E-state index in [9.17, 15) is 4.79 Å². The van der Waals surface area contributed by atoms with Crippen molar-refractivity contribution in [2.45, 2.75) is 13.0 Å². The Morgan fingerprint density at radius 2 is 2.14 bits per heavy atom. The zero-order valence-corrected chi connectivity index (χ0v) is 17.3. The summed E-state index contributed by atoms with van der Waals surface area (Å²) in [5.74, 6) is 1.12. The number of nitrogens with one attached hydrogen (secondary N) is 2. The van der Waals surface area contributed by atoms with Crippen molar-refractivity contribution in [2.75, 3.05) is 32.6 Å². The summed E-state index contributed by atoms with van der Waals surface area (Å²) in [6, 6.07) is 7.40. The molecule has 0 radical (unpaired) electrons. The van der Waals surface area contributed by atoms with Crippen LogP contribution in [0.15, 0.2) is 48.2 Å². The van der Waals surface area contributed by atoms with E-state index in [1.54, 1.807) is 24.0 Å². The second kappa shape index (κ2) is 10.5. The van der Waals surface area contributed by atoms with E-state index < -0.39 is 0 Å². The van der Waals surface area contributed by atoms with Crippen molar-refractivity contribution in [1.29, 1.82) is 0 Å². The third-order valence-corrected chi connectivity index (χ3v) is 4.71. The Kier molecular flexibility index (Phi) is 7.48. The molecule has 0 fully saturated rings. The van der Waals surface area contributed by atoms with Crippen LogP contribution < -0.4 is 15.4 Å². The van der Waals surface area contributed by atoms with Crippen LogP contribution in [-0.2, 0) is 6.54 Å². The summed E-state index contributed by atoms with van der Waals surface area (Å²) >= 11 is 1.35. The molecule has 1 amide bonds. The summed E-state index contributed by atoms with van der Waals surface area (Å²) in [7, 11) is 4.06. The second-order valence-corrected chi connectivity index (χ2v) is 7.41. The zero-order valence-electron chi connectivity index (χ0n) is 16.5. The van der Waals surface area contributed by atoms with Crippen LogP contribution in [0.2, 0.25) is 0 Å². The van der Waals surface area contributed by atoms with Crippen molar-refractivity contribution in [2.24, 2.45) is 0 Å². The van der Waals surface area contributed by atoms with Gasteiger partial charge in [0.25, 0.3) is 5.91 Å². The topological polar surface area (TPSA) is 92.3 Å². The Hall–Kier alpha value is -3.04. The Balaban J connectivity index is 1.53. The Labute approximate surface area is 174 Å². The number of carbonyl (C=O) groups is 1. The van der Waals surface area contributed by atoms with Gasteiger partial charge in [-0.3, -0.25) is 9.78 Å². The molecule has 152 valence electrons. The van der Waals surface area contributed by atoms with E-state index in [1.807, 2.05) is 38.4 Å². The fraction of sp³-hybridized carbons (Fsp3) is 0.300. The van der Waals surface area contributed by atoms with E-state index in [2.05, 4.69) is 30.5 Å². The van der Waals surface area contributed by atoms with E-state index in [0.717, 1.165) is 18.5 Å². The predicted octanol–water partition coefficient (Wildman–Crippen LogP) is 2.94. The molecule has 0 unspecified atom stereocenters. The minimum absolute atomic E-state index is 0.245. The van der Waals surface area contributed by atoms with Gasteiger partial charge in [-0.25, -0.2) is 9.97 Å². The first-order chi connectivity index (χ1) is 14.1. The monoisotopic (exact) mass is 412 g/mol. The molecular formula is C20H24N6O2S. The van der Waals surface area contributed by atoms with Crippen LogP contribution >= 0.6 is 11.3 Å². The van der Waals surface area contributed by atoms with Gasteiger partial charge < -0.3 is 20.3 Å². The Morgan fingerprint density at radius 3 is 2.93 bits per heavy atom. The molecule has 0 bridgehead atoms. The summed E-state index contributed by atoms with van der Waals surface area (Å²) in [6.45, 7) is 1.88. The van der Waals surface area contributed by atoms with Gasteiger partial charge in [0, 0.05) is 36.4 Å². The van der Waals surface area contributed by atoms with Gasteiger partial charge in [0.05, 0.1) is 12.8 Å². The highest BCUT2D eigenvalue weighted by Crippen LogP contribution is 2.20. The minimum atomic E-state index is -0.245. The molecule has 0 aliphatic heterocycles. The molecular weight excluding hydrogens is 388 g/mol. The lowest BCUT2D eigenvalue weighted by atomic mass is 10.2. The maximum absolute atomic E-state index is 12.5. The molecule has 0 saturated carbocycles. The molecule has 3 aromatic rings. The van der Waals surface area contributed by atoms with Crippen LogP contribution in [0.5, 0.6) is 5.75 Å². The molecule has 0 spiro atoms. The second-order valence-electron chi connectivity index (χ2n) is 6.55. The molecule has 0 aliphatic carbocycles. The van der Waals surface area contributed by atoms with Crippen molar-refractivity contribution in [1.82, 2.24) is 25.2 Å². The highest BCUT2D eigenvalue weighted by Gasteiger charge is 2.12. The number of hydrogen-bond donors (Lipinski definition) is 2. The number of ether oxygens (including phenoxy) is 1. The molecule has 2 N–H and O–H groups in total. The maximum Gasteiger partial charge on any atom is 0.271 e. The number of aromatic nitrogens is 3. The van der Waals surface area contributed by atoms with Crippen LogP contribution in [0.3, 0.4) is 0 Å². The minimum Gasteiger partial charge on any atom is -0.492 e. The fourth-order valence-electron chi connectivity index (χ4n) is 2.50. The molecule has 3 aromatic heterocycles. The summed E-state index contributed by atoms with van der Waals surface area (Å²) < 4.78 is 5.83. The third kappa shape index (κ3) is 6.51. The lowest BCUT2D eigenvalue weighted by molar-refractivity contribution is 0.0946. The first kappa shape index (κ1) is 20.7. The van der Waals surface area contributed by atoms with Crippen molar-refractivity contribution in [3.8, 4) is 5.75 Å². The number of anilines is 2. The van der Waals surface area contributed by atoms with E-state index in [-0.39, 0.29) is 5.91 Å². The van der Waals surface area contributed by atoms with Crippen LogP contribution in [0.1, 0.15) is 22.5 Å². The van der Waals surface area contributed by atoms with Crippen LogP contribution in [-0.4, -0.2) is 53.0 Å². The molecule has 3 rings (SSSR count).